The number of nitrogens with zero attached hydrogens (tertiary/aromatic N) is 2. The molecule has 1 aliphatic carbocycles. The van der Waals surface area contributed by atoms with Crippen LogP contribution in [0.15, 0.2) is 12.3 Å². The standard InChI is InChI=1S/C14H23N3/c1-10(2)14-15-9-8-13(17-14)16-11(3)4-5-12-6-7-12/h8-12H,4-7H2,1-3H3,(H,15,16,17). The Bertz CT molecular complexity index is 358. The molecular formula is C14H23N3. The van der Waals surface area contributed by atoms with E-state index in [1.54, 1.807) is 0 Å². The summed E-state index contributed by atoms with van der Waals surface area (Å²) in [7, 11) is 0. The van der Waals surface area contributed by atoms with Crippen molar-refractivity contribution in [3.05, 3.63) is 18.1 Å². The summed E-state index contributed by atoms with van der Waals surface area (Å²) in [6.45, 7) is 6.48. The van der Waals surface area contributed by atoms with Crippen molar-refractivity contribution in [2.75, 3.05) is 5.32 Å². The molecule has 2 rings (SSSR count). The third-order valence-corrected chi connectivity index (χ3v) is 3.29. The first kappa shape index (κ1) is 12.3. The molecule has 0 aliphatic heterocycles. The van der Waals surface area contributed by atoms with Crippen LogP contribution in [0.1, 0.15) is 58.2 Å². The van der Waals surface area contributed by atoms with Gasteiger partial charge in [-0.3, -0.25) is 0 Å². The van der Waals surface area contributed by atoms with Gasteiger partial charge < -0.3 is 5.32 Å². The minimum Gasteiger partial charge on any atom is -0.368 e. The fraction of sp³-hybridized carbons (Fsp3) is 0.714. The van der Waals surface area contributed by atoms with Crippen LogP contribution in [0.25, 0.3) is 0 Å². The molecule has 0 saturated heterocycles. The van der Waals surface area contributed by atoms with E-state index in [4.69, 9.17) is 0 Å². The van der Waals surface area contributed by atoms with Crippen molar-refractivity contribution in [3.63, 3.8) is 0 Å². The van der Waals surface area contributed by atoms with Crippen LogP contribution in [0.3, 0.4) is 0 Å². The number of rotatable bonds is 6. The van der Waals surface area contributed by atoms with E-state index in [9.17, 15) is 0 Å². The van der Waals surface area contributed by atoms with Crippen molar-refractivity contribution < 1.29 is 0 Å². The first-order chi connectivity index (χ1) is 8.15. The van der Waals surface area contributed by atoms with E-state index >= 15 is 0 Å². The molecule has 0 radical (unpaired) electrons. The molecule has 1 unspecified atom stereocenters. The number of hydrogen-bond donors (Lipinski definition) is 1. The van der Waals surface area contributed by atoms with E-state index in [0.717, 1.165) is 17.6 Å². The second-order valence-corrected chi connectivity index (χ2v) is 5.52. The lowest BCUT2D eigenvalue weighted by molar-refractivity contribution is 0.608. The highest BCUT2D eigenvalue weighted by Gasteiger charge is 2.21. The lowest BCUT2D eigenvalue weighted by atomic mass is 10.1. The first-order valence-corrected chi connectivity index (χ1v) is 6.74. The number of nitrogens with one attached hydrogen (secondary N) is 1. The maximum Gasteiger partial charge on any atom is 0.133 e. The molecule has 1 saturated carbocycles. The van der Waals surface area contributed by atoms with Crippen molar-refractivity contribution >= 4 is 5.82 Å². The Balaban J connectivity index is 1.85. The highest BCUT2D eigenvalue weighted by atomic mass is 15.0. The lowest BCUT2D eigenvalue weighted by Crippen LogP contribution is -2.16. The van der Waals surface area contributed by atoms with Gasteiger partial charge in [0.15, 0.2) is 0 Å². The van der Waals surface area contributed by atoms with E-state index in [-0.39, 0.29) is 0 Å². The molecule has 3 heteroatoms. The lowest BCUT2D eigenvalue weighted by Gasteiger charge is -2.15. The molecule has 1 aliphatic rings. The van der Waals surface area contributed by atoms with Crippen LogP contribution < -0.4 is 5.32 Å². The predicted molar refractivity (Wildman–Crippen MR) is 71.2 cm³/mol. The molecule has 1 aromatic rings. The summed E-state index contributed by atoms with van der Waals surface area (Å²) in [6, 6.07) is 2.46. The van der Waals surface area contributed by atoms with Gasteiger partial charge in [-0.2, -0.15) is 0 Å². The Morgan fingerprint density at radius 3 is 2.76 bits per heavy atom. The average molecular weight is 233 g/mol. The highest BCUT2D eigenvalue weighted by molar-refractivity contribution is 5.34. The molecule has 1 heterocycles. The number of anilines is 1. The van der Waals surface area contributed by atoms with Gasteiger partial charge in [0.05, 0.1) is 0 Å². The molecule has 17 heavy (non-hydrogen) atoms. The summed E-state index contributed by atoms with van der Waals surface area (Å²) in [5.74, 6) is 3.28. The predicted octanol–water partition coefficient (Wildman–Crippen LogP) is 3.59. The highest BCUT2D eigenvalue weighted by Crippen LogP contribution is 2.34. The van der Waals surface area contributed by atoms with E-state index in [0.29, 0.717) is 12.0 Å². The SMILES string of the molecule is CC(CCC1CC1)Nc1ccnc(C(C)C)n1. The second kappa shape index (κ2) is 5.48. The summed E-state index contributed by atoms with van der Waals surface area (Å²) in [5, 5.41) is 3.47. The van der Waals surface area contributed by atoms with Gasteiger partial charge in [-0.25, -0.2) is 9.97 Å². The van der Waals surface area contributed by atoms with Crippen LogP contribution in [-0.2, 0) is 0 Å². The Kier molecular flexibility index (Phi) is 3.97. The van der Waals surface area contributed by atoms with Crippen LogP contribution >= 0.6 is 0 Å². The molecule has 1 atom stereocenters. The topological polar surface area (TPSA) is 37.8 Å². The monoisotopic (exact) mass is 233 g/mol. The minimum atomic E-state index is 0.388. The molecule has 1 aromatic heterocycles. The van der Waals surface area contributed by atoms with Crippen molar-refractivity contribution in [2.45, 2.75) is 58.4 Å². The summed E-state index contributed by atoms with van der Waals surface area (Å²) in [4.78, 5) is 8.81. The fourth-order valence-electron chi connectivity index (χ4n) is 1.95. The Labute approximate surface area is 104 Å². The Hall–Kier alpha value is -1.12. The molecule has 0 spiro atoms. The van der Waals surface area contributed by atoms with E-state index < -0.39 is 0 Å². The normalized spacial score (nSPS) is 17.2. The summed E-state index contributed by atoms with van der Waals surface area (Å²) < 4.78 is 0. The van der Waals surface area contributed by atoms with Crippen molar-refractivity contribution in [1.29, 1.82) is 0 Å². The Morgan fingerprint density at radius 1 is 1.35 bits per heavy atom. The summed E-state index contributed by atoms with van der Waals surface area (Å²) >= 11 is 0. The third-order valence-electron chi connectivity index (χ3n) is 3.29. The molecule has 3 nitrogen and oxygen atoms in total. The minimum absolute atomic E-state index is 0.388. The number of hydrogen-bond acceptors (Lipinski definition) is 3. The van der Waals surface area contributed by atoms with E-state index in [2.05, 4.69) is 36.1 Å². The number of aromatic nitrogens is 2. The van der Waals surface area contributed by atoms with Crippen LogP contribution in [0, 0.1) is 5.92 Å². The molecule has 94 valence electrons. The smallest absolute Gasteiger partial charge is 0.133 e. The van der Waals surface area contributed by atoms with Gasteiger partial charge in [0, 0.05) is 18.2 Å². The molecule has 1 fully saturated rings. The first-order valence-electron chi connectivity index (χ1n) is 6.74. The van der Waals surface area contributed by atoms with Gasteiger partial charge >= 0.3 is 0 Å². The van der Waals surface area contributed by atoms with Gasteiger partial charge in [-0.15, -0.1) is 0 Å². The van der Waals surface area contributed by atoms with Crippen molar-refractivity contribution in [3.8, 4) is 0 Å². The van der Waals surface area contributed by atoms with Gasteiger partial charge in [-0.1, -0.05) is 26.7 Å². The van der Waals surface area contributed by atoms with Crippen LogP contribution in [0.2, 0.25) is 0 Å². The average Bonchev–Trinajstić information content (AvgIpc) is 3.10. The van der Waals surface area contributed by atoms with Gasteiger partial charge in [0.25, 0.3) is 0 Å². The van der Waals surface area contributed by atoms with Crippen LogP contribution in [0.5, 0.6) is 0 Å². The van der Waals surface area contributed by atoms with Gasteiger partial charge in [-0.05, 0) is 31.7 Å². The zero-order valence-electron chi connectivity index (χ0n) is 11.1. The molecule has 0 bridgehead atoms. The zero-order chi connectivity index (χ0) is 12.3. The molecule has 1 N–H and O–H groups in total. The van der Waals surface area contributed by atoms with Gasteiger partial charge in [0.1, 0.15) is 11.6 Å². The molecule has 0 aromatic carbocycles. The molecular weight excluding hydrogens is 210 g/mol. The summed E-state index contributed by atoms with van der Waals surface area (Å²) in [5.41, 5.74) is 0. The maximum absolute atomic E-state index is 4.53. The van der Waals surface area contributed by atoms with Crippen LogP contribution in [-0.4, -0.2) is 16.0 Å². The van der Waals surface area contributed by atoms with Crippen molar-refractivity contribution in [1.82, 2.24) is 9.97 Å². The Morgan fingerprint density at radius 2 is 2.12 bits per heavy atom. The van der Waals surface area contributed by atoms with Crippen molar-refractivity contribution in [2.24, 2.45) is 5.92 Å². The van der Waals surface area contributed by atoms with Crippen LogP contribution in [0.4, 0.5) is 5.82 Å². The summed E-state index contributed by atoms with van der Waals surface area (Å²) in [6.07, 6.45) is 7.33. The second-order valence-electron chi connectivity index (χ2n) is 5.52. The molecule has 0 amide bonds. The van der Waals surface area contributed by atoms with E-state index in [1.165, 1.54) is 25.7 Å². The largest absolute Gasteiger partial charge is 0.368 e. The van der Waals surface area contributed by atoms with E-state index in [1.807, 2.05) is 12.3 Å². The fourth-order valence-corrected chi connectivity index (χ4v) is 1.95. The van der Waals surface area contributed by atoms with Gasteiger partial charge in [0.2, 0.25) is 0 Å². The zero-order valence-corrected chi connectivity index (χ0v) is 11.1. The third kappa shape index (κ3) is 3.99. The quantitative estimate of drug-likeness (QED) is 0.816. The maximum atomic E-state index is 4.53.